The van der Waals surface area contributed by atoms with Crippen molar-refractivity contribution < 1.29 is 28.1 Å². The first-order valence-corrected chi connectivity index (χ1v) is 16.6. The molecule has 4 rings (SSSR count). The van der Waals surface area contributed by atoms with E-state index >= 15 is 0 Å². The summed E-state index contributed by atoms with van der Waals surface area (Å²) in [5.74, 6) is 0.545. The third-order valence-electron chi connectivity index (χ3n) is 9.46. The van der Waals surface area contributed by atoms with Gasteiger partial charge in [0.05, 0.1) is 30.2 Å². The average molecular weight is 524 g/mol. The minimum absolute atomic E-state index is 0.00913. The number of hydrogen-bond acceptors (Lipinski definition) is 6. The summed E-state index contributed by atoms with van der Waals surface area (Å²) in [5.41, 5.74) is -0.627. The molecule has 1 heterocycles. The highest BCUT2D eigenvalue weighted by Gasteiger charge is 2.68. The second-order valence-electron chi connectivity index (χ2n) is 14.6. The van der Waals surface area contributed by atoms with Gasteiger partial charge in [0.25, 0.3) is 0 Å². The first-order valence-electron chi connectivity index (χ1n) is 13.7. The van der Waals surface area contributed by atoms with Gasteiger partial charge >= 0.3 is 13.1 Å². The maximum absolute atomic E-state index is 12.7. The topological polar surface area (TPSA) is 83.1 Å². The molecule has 0 aromatic carbocycles. The molecule has 0 aromatic rings. The van der Waals surface area contributed by atoms with E-state index in [0.717, 1.165) is 12.8 Å². The van der Waals surface area contributed by atoms with E-state index in [0.29, 0.717) is 24.7 Å². The zero-order valence-corrected chi connectivity index (χ0v) is 25.5. The largest absolute Gasteiger partial charge is 0.481 e. The fourth-order valence-corrected chi connectivity index (χ4v) is 7.58. The second kappa shape index (κ2) is 10.0. The molecule has 4 fully saturated rings. The molecular formula is C27H50BNO6Si. The quantitative estimate of drug-likeness (QED) is 0.239. The summed E-state index contributed by atoms with van der Waals surface area (Å²) in [4.78, 5) is 24.3. The first kappa shape index (κ1) is 29.7. The van der Waals surface area contributed by atoms with Gasteiger partial charge in [0.15, 0.2) is 8.32 Å². The minimum Gasteiger partial charge on any atom is -0.460 e. The lowest BCUT2D eigenvalue weighted by atomic mass is 9.43. The van der Waals surface area contributed by atoms with Crippen LogP contribution in [0.3, 0.4) is 0 Å². The third kappa shape index (κ3) is 6.05. The van der Waals surface area contributed by atoms with E-state index in [1.54, 1.807) is 0 Å². The standard InChI is InChI=1S/C27H50BNO6Si/c1-24(2,3)32-23(31)16-19(34-36(10,11)25(4,5)6)12-13-22(29-17-30)28-33-21-15-18-14-20(26(18,7)8)27(21,9)35-28/h17-22H,12-16H2,1-11H3,(H,29,30)/t18-,19?,20-,21+,22-,27-/m0/s1. The third-order valence-corrected chi connectivity index (χ3v) is 14.0. The Morgan fingerprint density at radius 3 is 2.31 bits per heavy atom. The van der Waals surface area contributed by atoms with Gasteiger partial charge in [-0.1, -0.05) is 34.6 Å². The van der Waals surface area contributed by atoms with Gasteiger partial charge in [-0.2, -0.15) is 0 Å². The van der Waals surface area contributed by atoms with Crippen molar-refractivity contribution in [2.24, 2.45) is 17.3 Å². The molecule has 0 spiro atoms. The number of carbonyl (C=O) groups is 2. The Hall–Kier alpha value is -0.898. The molecule has 0 aromatic heterocycles. The van der Waals surface area contributed by atoms with Crippen molar-refractivity contribution in [3.05, 3.63) is 0 Å². The number of carbonyl (C=O) groups excluding carboxylic acids is 2. The molecule has 4 aliphatic rings. The summed E-state index contributed by atoms with van der Waals surface area (Å²) in [6, 6.07) is 0. The van der Waals surface area contributed by atoms with Gasteiger partial charge in [0.1, 0.15) is 5.60 Å². The van der Waals surface area contributed by atoms with Crippen molar-refractivity contribution >= 4 is 27.8 Å². The van der Waals surface area contributed by atoms with E-state index in [9.17, 15) is 9.59 Å². The molecule has 9 heteroatoms. The van der Waals surface area contributed by atoms with Crippen LogP contribution in [0.25, 0.3) is 0 Å². The summed E-state index contributed by atoms with van der Waals surface area (Å²) in [7, 11) is -2.64. The summed E-state index contributed by atoms with van der Waals surface area (Å²) in [6.45, 7) is 23.4. The van der Waals surface area contributed by atoms with Gasteiger partial charge in [0.2, 0.25) is 6.41 Å². The molecule has 206 valence electrons. The lowest BCUT2D eigenvalue weighted by molar-refractivity contribution is -0.199. The molecule has 1 aliphatic heterocycles. The highest BCUT2D eigenvalue weighted by molar-refractivity contribution is 6.74. The molecule has 1 N–H and O–H groups in total. The number of ether oxygens (including phenoxy) is 1. The van der Waals surface area contributed by atoms with E-state index in [4.69, 9.17) is 18.5 Å². The van der Waals surface area contributed by atoms with E-state index < -0.39 is 21.0 Å². The lowest BCUT2D eigenvalue weighted by Gasteiger charge is -2.64. The molecule has 2 bridgehead atoms. The van der Waals surface area contributed by atoms with Crippen LogP contribution in [-0.2, 0) is 28.1 Å². The Morgan fingerprint density at radius 2 is 1.78 bits per heavy atom. The van der Waals surface area contributed by atoms with Crippen LogP contribution in [0, 0.1) is 17.3 Å². The van der Waals surface area contributed by atoms with Gasteiger partial charge < -0.3 is 23.8 Å². The minimum atomic E-state index is -2.13. The van der Waals surface area contributed by atoms with E-state index in [1.165, 1.54) is 6.42 Å². The van der Waals surface area contributed by atoms with Crippen LogP contribution in [0.1, 0.15) is 94.4 Å². The Balaban J connectivity index is 1.71. The van der Waals surface area contributed by atoms with Crippen LogP contribution < -0.4 is 5.32 Å². The maximum atomic E-state index is 12.7. The number of rotatable bonds is 10. The van der Waals surface area contributed by atoms with Crippen LogP contribution >= 0.6 is 0 Å². The van der Waals surface area contributed by atoms with Crippen molar-refractivity contribution in [2.45, 2.75) is 142 Å². The maximum Gasteiger partial charge on any atom is 0.481 e. The Morgan fingerprint density at radius 1 is 1.14 bits per heavy atom. The van der Waals surface area contributed by atoms with Crippen molar-refractivity contribution in [3.63, 3.8) is 0 Å². The first-order chi connectivity index (χ1) is 16.3. The molecule has 1 unspecified atom stereocenters. The van der Waals surface area contributed by atoms with E-state index in [2.05, 4.69) is 60.0 Å². The zero-order chi connectivity index (χ0) is 27.3. The van der Waals surface area contributed by atoms with Gasteiger partial charge in [-0.15, -0.1) is 0 Å². The normalized spacial score (nSPS) is 31.2. The summed E-state index contributed by atoms with van der Waals surface area (Å²) >= 11 is 0. The van der Waals surface area contributed by atoms with Crippen LogP contribution in [-0.4, -0.2) is 57.2 Å². The highest BCUT2D eigenvalue weighted by Crippen LogP contribution is 2.65. The molecule has 1 amide bonds. The van der Waals surface area contributed by atoms with Gasteiger partial charge in [-0.25, -0.2) is 0 Å². The van der Waals surface area contributed by atoms with E-state index in [-0.39, 0.29) is 46.6 Å². The smallest absolute Gasteiger partial charge is 0.460 e. The van der Waals surface area contributed by atoms with Crippen LogP contribution in [0.5, 0.6) is 0 Å². The van der Waals surface area contributed by atoms with Gasteiger partial charge in [-0.3, -0.25) is 9.59 Å². The molecular weight excluding hydrogens is 473 g/mol. The van der Waals surface area contributed by atoms with E-state index in [1.807, 2.05) is 20.8 Å². The zero-order valence-electron chi connectivity index (χ0n) is 24.5. The Bertz CT molecular complexity index is 822. The van der Waals surface area contributed by atoms with Crippen molar-refractivity contribution in [1.29, 1.82) is 0 Å². The predicted molar refractivity (Wildman–Crippen MR) is 145 cm³/mol. The second-order valence-corrected chi connectivity index (χ2v) is 19.4. The highest BCUT2D eigenvalue weighted by atomic mass is 28.4. The summed E-state index contributed by atoms with van der Waals surface area (Å²) < 4.78 is 25.4. The molecule has 6 atom stereocenters. The van der Waals surface area contributed by atoms with Crippen LogP contribution in [0.4, 0.5) is 0 Å². The molecule has 3 aliphatic carbocycles. The fraction of sp³-hybridized carbons (Fsp3) is 0.926. The van der Waals surface area contributed by atoms with Gasteiger partial charge in [0, 0.05) is 0 Å². The number of amides is 1. The monoisotopic (exact) mass is 523 g/mol. The molecule has 3 saturated carbocycles. The molecule has 7 nitrogen and oxygen atoms in total. The van der Waals surface area contributed by atoms with Crippen LogP contribution in [0.2, 0.25) is 18.1 Å². The number of hydrogen-bond donors (Lipinski definition) is 1. The molecule has 36 heavy (non-hydrogen) atoms. The summed E-state index contributed by atoms with van der Waals surface area (Å²) in [5, 5.41) is 2.96. The number of esters is 1. The van der Waals surface area contributed by atoms with Crippen molar-refractivity contribution in [3.8, 4) is 0 Å². The van der Waals surface area contributed by atoms with Crippen LogP contribution in [0.15, 0.2) is 0 Å². The lowest BCUT2D eigenvalue weighted by Crippen LogP contribution is -2.65. The average Bonchev–Trinajstić information content (AvgIpc) is 3.05. The van der Waals surface area contributed by atoms with Crippen molar-refractivity contribution in [1.82, 2.24) is 5.32 Å². The summed E-state index contributed by atoms with van der Waals surface area (Å²) in [6.07, 6.45) is 4.02. The number of nitrogens with one attached hydrogen (secondary N) is 1. The molecule has 1 saturated heterocycles. The molecule has 0 radical (unpaired) electrons. The predicted octanol–water partition coefficient (Wildman–Crippen LogP) is 5.27. The van der Waals surface area contributed by atoms with Crippen molar-refractivity contribution in [2.75, 3.05) is 0 Å². The SMILES string of the molecule is CC(C)(C)OC(=O)CC(CC[C@H](NC=O)B1O[C@@H]2C[C@@H]3C[C@@H](C3(C)C)[C@]2(C)O1)O[Si](C)(C)C(C)(C)C. The van der Waals surface area contributed by atoms with Gasteiger partial charge in [-0.05, 0) is 88.8 Å². The Labute approximate surface area is 220 Å². The Kier molecular flexibility index (Phi) is 8.24. The fourth-order valence-electron chi connectivity index (χ4n) is 6.19.